The number of amides is 2. The summed E-state index contributed by atoms with van der Waals surface area (Å²) in [7, 11) is 0. The molecule has 1 heterocycles. The molecule has 1 aliphatic rings. The van der Waals surface area contributed by atoms with Crippen LogP contribution >= 0.6 is 11.6 Å². The average Bonchev–Trinajstić information content (AvgIpc) is 2.38. The van der Waals surface area contributed by atoms with E-state index in [4.69, 9.17) is 11.6 Å². The van der Waals surface area contributed by atoms with E-state index in [2.05, 4.69) is 5.32 Å². The highest BCUT2D eigenvalue weighted by molar-refractivity contribution is 6.30. The van der Waals surface area contributed by atoms with Gasteiger partial charge < -0.3 is 15.3 Å². The molecular formula is C14H17ClN2O3. The van der Waals surface area contributed by atoms with Gasteiger partial charge in [-0.2, -0.15) is 0 Å². The zero-order chi connectivity index (χ0) is 14.8. The van der Waals surface area contributed by atoms with Crippen LogP contribution < -0.4 is 5.32 Å². The topological polar surface area (TPSA) is 69.6 Å². The molecule has 1 aromatic rings. The number of carbonyl (C=O) groups excluding carboxylic acids is 1. The fourth-order valence-corrected chi connectivity index (χ4v) is 2.55. The van der Waals surface area contributed by atoms with E-state index in [0.29, 0.717) is 30.1 Å². The molecule has 1 unspecified atom stereocenters. The molecule has 5 nitrogen and oxygen atoms in total. The third-order valence-corrected chi connectivity index (χ3v) is 3.81. The van der Waals surface area contributed by atoms with Crippen LogP contribution in [0.5, 0.6) is 0 Å². The molecule has 2 amide bonds. The molecule has 1 saturated heterocycles. The smallest absolute Gasteiger partial charge is 0.321 e. The van der Waals surface area contributed by atoms with Crippen LogP contribution in [0.15, 0.2) is 24.3 Å². The fraction of sp³-hybridized carbons (Fsp3) is 0.429. The van der Waals surface area contributed by atoms with Crippen molar-refractivity contribution in [2.75, 3.05) is 18.4 Å². The maximum atomic E-state index is 12.2. The highest BCUT2D eigenvalue weighted by atomic mass is 35.5. The van der Waals surface area contributed by atoms with Crippen molar-refractivity contribution in [2.24, 2.45) is 5.41 Å². The standard InChI is InChI=1S/C14H17ClN2O3/c1-14(12(18)19)6-3-7-17(9-14)13(20)16-11-5-2-4-10(15)8-11/h2,4-5,8H,3,6-7,9H2,1H3,(H,16,20)(H,18,19). The first kappa shape index (κ1) is 14.7. The van der Waals surface area contributed by atoms with Crippen molar-refractivity contribution in [2.45, 2.75) is 19.8 Å². The minimum absolute atomic E-state index is 0.217. The van der Waals surface area contributed by atoms with Crippen LogP contribution in [0.2, 0.25) is 5.02 Å². The Kier molecular flexibility index (Phi) is 4.18. The molecule has 0 saturated carbocycles. The summed E-state index contributed by atoms with van der Waals surface area (Å²) in [6.45, 7) is 2.46. The molecule has 1 fully saturated rings. The summed E-state index contributed by atoms with van der Waals surface area (Å²) >= 11 is 5.86. The van der Waals surface area contributed by atoms with E-state index in [-0.39, 0.29) is 12.6 Å². The Hall–Kier alpha value is -1.75. The lowest BCUT2D eigenvalue weighted by Gasteiger charge is -2.37. The van der Waals surface area contributed by atoms with Gasteiger partial charge in [-0.1, -0.05) is 17.7 Å². The molecule has 0 spiro atoms. The first-order valence-electron chi connectivity index (χ1n) is 6.46. The van der Waals surface area contributed by atoms with Crippen molar-refractivity contribution in [3.63, 3.8) is 0 Å². The van der Waals surface area contributed by atoms with Crippen LogP contribution in [0.3, 0.4) is 0 Å². The lowest BCUT2D eigenvalue weighted by molar-refractivity contribution is -0.150. The van der Waals surface area contributed by atoms with Gasteiger partial charge in [0.25, 0.3) is 0 Å². The highest BCUT2D eigenvalue weighted by Gasteiger charge is 2.39. The van der Waals surface area contributed by atoms with Crippen molar-refractivity contribution in [3.05, 3.63) is 29.3 Å². The van der Waals surface area contributed by atoms with Gasteiger partial charge in [0.2, 0.25) is 0 Å². The number of urea groups is 1. The summed E-state index contributed by atoms with van der Waals surface area (Å²) in [5.41, 5.74) is -0.269. The summed E-state index contributed by atoms with van der Waals surface area (Å²) in [5, 5.41) is 12.5. The molecule has 2 rings (SSSR count). The first-order chi connectivity index (χ1) is 9.40. The molecule has 0 aliphatic carbocycles. The van der Waals surface area contributed by atoms with E-state index < -0.39 is 11.4 Å². The van der Waals surface area contributed by atoms with Gasteiger partial charge in [-0.3, -0.25) is 4.79 Å². The van der Waals surface area contributed by atoms with Crippen LogP contribution in [0.25, 0.3) is 0 Å². The molecule has 1 aliphatic heterocycles. The second-order valence-electron chi connectivity index (χ2n) is 5.33. The fourth-order valence-electron chi connectivity index (χ4n) is 2.36. The zero-order valence-electron chi connectivity index (χ0n) is 11.2. The molecule has 6 heteroatoms. The van der Waals surface area contributed by atoms with Crippen molar-refractivity contribution in [1.82, 2.24) is 4.90 Å². The SMILES string of the molecule is CC1(C(=O)O)CCCN(C(=O)Nc2cccc(Cl)c2)C1. The van der Waals surface area contributed by atoms with Crippen LogP contribution in [0.4, 0.5) is 10.5 Å². The van der Waals surface area contributed by atoms with Crippen LogP contribution in [0, 0.1) is 5.41 Å². The third-order valence-electron chi connectivity index (χ3n) is 3.58. The Bertz CT molecular complexity index is 535. The predicted molar refractivity (Wildman–Crippen MR) is 77.0 cm³/mol. The minimum atomic E-state index is -0.871. The number of halogens is 1. The van der Waals surface area contributed by atoms with Crippen LogP contribution in [-0.2, 0) is 4.79 Å². The predicted octanol–water partition coefficient (Wildman–Crippen LogP) is 3.06. The lowest BCUT2D eigenvalue weighted by atomic mass is 9.82. The van der Waals surface area contributed by atoms with Gasteiger partial charge >= 0.3 is 12.0 Å². The van der Waals surface area contributed by atoms with Crippen molar-refractivity contribution >= 4 is 29.3 Å². The number of carboxylic acids is 1. The number of aliphatic carboxylic acids is 1. The number of benzene rings is 1. The number of likely N-dealkylation sites (tertiary alicyclic amines) is 1. The molecule has 0 bridgehead atoms. The maximum Gasteiger partial charge on any atom is 0.321 e. The van der Waals surface area contributed by atoms with E-state index in [9.17, 15) is 14.7 Å². The molecule has 0 aromatic heterocycles. The number of hydrogen-bond acceptors (Lipinski definition) is 2. The average molecular weight is 297 g/mol. The van der Waals surface area contributed by atoms with E-state index in [1.165, 1.54) is 0 Å². The van der Waals surface area contributed by atoms with Gasteiger partial charge in [0, 0.05) is 23.8 Å². The summed E-state index contributed by atoms with van der Waals surface area (Å²) in [6, 6.07) is 6.57. The molecule has 2 N–H and O–H groups in total. The summed E-state index contributed by atoms with van der Waals surface area (Å²) in [4.78, 5) is 25.0. The number of rotatable bonds is 2. The van der Waals surface area contributed by atoms with Crippen molar-refractivity contribution in [3.8, 4) is 0 Å². The first-order valence-corrected chi connectivity index (χ1v) is 6.83. The number of nitrogens with zero attached hydrogens (tertiary/aromatic N) is 1. The highest BCUT2D eigenvalue weighted by Crippen LogP contribution is 2.30. The van der Waals surface area contributed by atoms with Gasteiger partial charge in [-0.15, -0.1) is 0 Å². The Labute approximate surface area is 122 Å². The molecule has 20 heavy (non-hydrogen) atoms. The van der Waals surface area contributed by atoms with E-state index in [0.717, 1.165) is 0 Å². The zero-order valence-corrected chi connectivity index (χ0v) is 12.0. The monoisotopic (exact) mass is 296 g/mol. The van der Waals surface area contributed by atoms with Gasteiger partial charge in [0.05, 0.1) is 5.41 Å². The summed E-state index contributed by atoms with van der Waals surface area (Å²) < 4.78 is 0. The van der Waals surface area contributed by atoms with E-state index >= 15 is 0 Å². The Morgan fingerprint density at radius 2 is 2.20 bits per heavy atom. The van der Waals surface area contributed by atoms with Gasteiger partial charge in [0.1, 0.15) is 0 Å². The van der Waals surface area contributed by atoms with Gasteiger partial charge in [-0.05, 0) is 38.0 Å². The molecule has 108 valence electrons. The Balaban J connectivity index is 2.04. The second-order valence-corrected chi connectivity index (χ2v) is 5.77. The molecular weight excluding hydrogens is 280 g/mol. The number of nitrogens with one attached hydrogen (secondary N) is 1. The second kappa shape index (κ2) is 5.71. The van der Waals surface area contributed by atoms with E-state index in [1.54, 1.807) is 36.1 Å². The number of hydrogen-bond donors (Lipinski definition) is 2. The number of carboxylic acid groups (broad SMARTS) is 1. The molecule has 1 aromatic carbocycles. The maximum absolute atomic E-state index is 12.2. The number of piperidine rings is 1. The van der Waals surface area contributed by atoms with Crippen LogP contribution in [0.1, 0.15) is 19.8 Å². The van der Waals surface area contributed by atoms with Gasteiger partial charge in [0.15, 0.2) is 0 Å². The minimum Gasteiger partial charge on any atom is -0.481 e. The summed E-state index contributed by atoms with van der Waals surface area (Å²) in [5.74, 6) is -0.863. The van der Waals surface area contributed by atoms with Crippen LogP contribution in [-0.4, -0.2) is 35.1 Å². The van der Waals surface area contributed by atoms with Crippen molar-refractivity contribution in [1.29, 1.82) is 0 Å². The van der Waals surface area contributed by atoms with E-state index in [1.807, 2.05) is 0 Å². The quantitative estimate of drug-likeness (QED) is 0.881. The molecule has 1 atom stereocenters. The Morgan fingerprint density at radius 1 is 1.45 bits per heavy atom. The number of anilines is 1. The Morgan fingerprint density at radius 3 is 2.85 bits per heavy atom. The largest absolute Gasteiger partial charge is 0.481 e. The van der Waals surface area contributed by atoms with Gasteiger partial charge in [-0.25, -0.2) is 4.79 Å². The van der Waals surface area contributed by atoms with Crippen molar-refractivity contribution < 1.29 is 14.7 Å². The summed E-state index contributed by atoms with van der Waals surface area (Å²) in [6.07, 6.45) is 1.27. The lowest BCUT2D eigenvalue weighted by Crippen LogP contribution is -2.49. The number of carbonyl (C=O) groups is 2. The third kappa shape index (κ3) is 3.22. The normalized spacial score (nSPS) is 22.4. The molecule has 0 radical (unpaired) electrons.